The van der Waals surface area contributed by atoms with Gasteiger partial charge in [0.1, 0.15) is 17.4 Å². The fourth-order valence-electron chi connectivity index (χ4n) is 2.15. The second-order valence-corrected chi connectivity index (χ2v) is 5.12. The van der Waals surface area contributed by atoms with E-state index < -0.39 is 17.7 Å². The van der Waals surface area contributed by atoms with E-state index in [1.54, 1.807) is 24.3 Å². The summed E-state index contributed by atoms with van der Waals surface area (Å²) in [4.78, 5) is 0. The number of para-hydroxylation sites is 1. The van der Waals surface area contributed by atoms with Crippen LogP contribution in [0.5, 0.6) is 5.75 Å². The molecule has 0 amide bonds. The molecule has 0 aliphatic carbocycles. The molecule has 0 aromatic heterocycles. The molecule has 0 aliphatic rings. The van der Waals surface area contributed by atoms with Crippen molar-refractivity contribution >= 4 is 0 Å². The lowest BCUT2D eigenvalue weighted by Crippen LogP contribution is -2.11. The minimum atomic E-state index is -1.04. The topological polar surface area (TPSA) is 29.5 Å². The highest BCUT2D eigenvalue weighted by molar-refractivity contribution is 5.36. The van der Waals surface area contributed by atoms with E-state index in [1.807, 2.05) is 13.8 Å². The number of aliphatic hydroxyl groups excluding tert-OH is 1. The monoisotopic (exact) mass is 292 g/mol. The Bertz CT molecular complexity index is 591. The fourth-order valence-corrected chi connectivity index (χ4v) is 2.15. The van der Waals surface area contributed by atoms with E-state index in [0.717, 1.165) is 0 Å². The fraction of sp³-hybridized carbons (Fsp3) is 0.294. The summed E-state index contributed by atoms with van der Waals surface area (Å²) in [5.74, 6) is -0.788. The number of benzene rings is 2. The summed E-state index contributed by atoms with van der Waals surface area (Å²) in [7, 11) is 0. The molecular weight excluding hydrogens is 274 g/mol. The maximum absolute atomic E-state index is 13.7. The summed E-state index contributed by atoms with van der Waals surface area (Å²) in [5, 5.41) is 10.3. The van der Waals surface area contributed by atoms with E-state index >= 15 is 0 Å². The Hall–Kier alpha value is -1.94. The smallest absolute Gasteiger partial charge is 0.129 e. The van der Waals surface area contributed by atoms with Crippen molar-refractivity contribution in [2.45, 2.75) is 32.5 Å². The van der Waals surface area contributed by atoms with Crippen molar-refractivity contribution in [1.29, 1.82) is 0 Å². The van der Waals surface area contributed by atoms with E-state index in [1.165, 1.54) is 18.2 Å². The molecular formula is C17H18F2O2. The second-order valence-electron chi connectivity index (χ2n) is 5.12. The quantitative estimate of drug-likeness (QED) is 0.901. The van der Waals surface area contributed by atoms with Crippen molar-refractivity contribution in [3.63, 3.8) is 0 Å². The number of rotatable bonds is 5. The van der Waals surface area contributed by atoms with Crippen molar-refractivity contribution in [1.82, 2.24) is 0 Å². The molecule has 0 saturated carbocycles. The van der Waals surface area contributed by atoms with Crippen molar-refractivity contribution in [2.75, 3.05) is 0 Å². The molecule has 4 heteroatoms. The molecule has 2 nitrogen and oxygen atoms in total. The molecule has 2 aromatic rings. The summed E-state index contributed by atoms with van der Waals surface area (Å²) in [6.45, 7) is 3.75. The molecule has 21 heavy (non-hydrogen) atoms. The van der Waals surface area contributed by atoms with Crippen molar-refractivity contribution < 1.29 is 18.6 Å². The van der Waals surface area contributed by atoms with Crippen molar-refractivity contribution in [2.24, 2.45) is 0 Å². The maximum Gasteiger partial charge on any atom is 0.129 e. The zero-order valence-electron chi connectivity index (χ0n) is 12.0. The lowest BCUT2D eigenvalue weighted by molar-refractivity contribution is 0.163. The van der Waals surface area contributed by atoms with Gasteiger partial charge in [0.05, 0.1) is 12.2 Å². The summed E-state index contributed by atoms with van der Waals surface area (Å²) < 4.78 is 32.9. The van der Waals surface area contributed by atoms with Crippen molar-refractivity contribution in [3.8, 4) is 5.75 Å². The predicted molar refractivity (Wildman–Crippen MR) is 77.2 cm³/mol. The van der Waals surface area contributed by atoms with Gasteiger partial charge in [-0.2, -0.15) is 0 Å². The third-order valence-corrected chi connectivity index (χ3v) is 3.10. The Kier molecular flexibility index (Phi) is 4.91. The Morgan fingerprint density at radius 2 is 1.62 bits per heavy atom. The van der Waals surface area contributed by atoms with Gasteiger partial charge in [0, 0.05) is 17.5 Å². The van der Waals surface area contributed by atoms with Gasteiger partial charge in [-0.15, -0.1) is 0 Å². The third-order valence-electron chi connectivity index (χ3n) is 3.10. The molecule has 112 valence electrons. The highest BCUT2D eigenvalue weighted by atomic mass is 19.1. The van der Waals surface area contributed by atoms with Crippen LogP contribution in [-0.4, -0.2) is 11.2 Å². The van der Waals surface area contributed by atoms with Gasteiger partial charge in [-0.1, -0.05) is 24.3 Å². The largest absolute Gasteiger partial charge is 0.491 e. The summed E-state index contributed by atoms with van der Waals surface area (Å²) in [5.41, 5.74) is 0.401. The van der Waals surface area contributed by atoms with Gasteiger partial charge >= 0.3 is 0 Å². The van der Waals surface area contributed by atoms with Gasteiger partial charge in [0.15, 0.2) is 0 Å². The van der Waals surface area contributed by atoms with Crippen LogP contribution in [0.1, 0.15) is 31.1 Å². The van der Waals surface area contributed by atoms with Gasteiger partial charge in [-0.3, -0.25) is 0 Å². The molecule has 0 heterocycles. The van der Waals surface area contributed by atoms with Crippen LogP contribution >= 0.6 is 0 Å². The second kappa shape index (κ2) is 6.68. The molecule has 0 saturated heterocycles. The van der Waals surface area contributed by atoms with Crippen LogP contribution in [0.15, 0.2) is 42.5 Å². The first-order valence-electron chi connectivity index (χ1n) is 6.85. The van der Waals surface area contributed by atoms with E-state index in [9.17, 15) is 13.9 Å². The minimum Gasteiger partial charge on any atom is -0.491 e. The van der Waals surface area contributed by atoms with Crippen molar-refractivity contribution in [3.05, 3.63) is 65.2 Å². The van der Waals surface area contributed by atoms with Crippen LogP contribution in [0.25, 0.3) is 0 Å². The standard InChI is InChI=1S/C17H18F2O2/c1-11(2)21-17-9-4-3-6-12(17)16(20)10-13-14(18)7-5-8-15(13)19/h3-9,11,16,20H,10H2,1-2H3. The first-order chi connectivity index (χ1) is 9.99. The highest BCUT2D eigenvalue weighted by Crippen LogP contribution is 2.29. The van der Waals surface area contributed by atoms with Gasteiger partial charge < -0.3 is 9.84 Å². The Morgan fingerprint density at radius 1 is 1.00 bits per heavy atom. The Balaban J connectivity index is 2.26. The number of hydrogen-bond acceptors (Lipinski definition) is 2. The molecule has 0 radical (unpaired) electrons. The zero-order chi connectivity index (χ0) is 15.4. The Morgan fingerprint density at radius 3 is 2.24 bits per heavy atom. The molecule has 0 spiro atoms. The van der Waals surface area contributed by atoms with E-state index in [4.69, 9.17) is 4.74 Å². The van der Waals surface area contributed by atoms with Crippen LogP contribution in [0.4, 0.5) is 8.78 Å². The predicted octanol–water partition coefficient (Wildman–Crippen LogP) is 4.03. The first-order valence-corrected chi connectivity index (χ1v) is 6.85. The summed E-state index contributed by atoms with van der Waals surface area (Å²) >= 11 is 0. The minimum absolute atomic E-state index is 0.0523. The number of halogens is 2. The van der Waals surface area contributed by atoms with Crippen LogP contribution in [0.2, 0.25) is 0 Å². The van der Waals surface area contributed by atoms with E-state index in [-0.39, 0.29) is 18.1 Å². The van der Waals surface area contributed by atoms with E-state index in [2.05, 4.69) is 0 Å². The third kappa shape index (κ3) is 3.79. The van der Waals surface area contributed by atoms with Crippen LogP contribution < -0.4 is 4.74 Å². The van der Waals surface area contributed by atoms with Crippen LogP contribution in [0.3, 0.4) is 0 Å². The number of aliphatic hydroxyl groups is 1. The number of hydrogen-bond donors (Lipinski definition) is 1. The van der Waals surface area contributed by atoms with Gasteiger partial charge in [-0.05, 0) is 32.0 Å². The highest BCUT2D eigenvalue weighted by Gasteiger charge is 2.18. The molecule has 2 rings (SSSR count). The van der Waals surface area contributed by atoms with Gasteiger partial charge in [0.25, 0.3) is 0 Å². The van der Waals surface area contributed by atoms with Gasteiger partial charge in [0.2, 0.25) is 0 Å². The SMILES string of the molecule is CC(C)Oc1ccccc1C(O)Cc1c(F)cccc1F. The first kappa shape index (κ1) is 15.4. The molecule has 0 bridgehead atoms. The van der Waals surface area contributed by atoms with Crippen LogP contribution in [0, 0.1) is 11.6 Å². The normalized spacial score (nSPS) is 12.5. The lowest BCUT2D eigenvalue weighted by atomic mass is 10.00. The maximum atomic E-state index is 13.7. The summed E-state index contributed by atoms with van der Waals surface area (Å²) in [6, 6.07) is 10.6. The molecule has 1 unspecified atom stereocenters. The van der Waals surface area contributed by atoms with Crippen LogP contribution in [-0.2, 0) is 6.42 Å². The lowest BCUT2D eigenvalue weighted by Gasteiger charge is -2.18. The molecule has 0 fully saturated rings. The molecule has 0 aliphatic heterocycles. The van der Waals surface area contributed by atoms with E-state index in [0.29, 0.717) is 11.3 Å². The Labute approximate surface area is 123 Å². The number of ether oxygens (including phenoxy) is 1. The molecule has 1 atom stereocenters. The summed E-state index contributed by atoms with van der Waals surface area (Å²) in [6.07, 6.45) is -1.23. The zero-order valence-corrected chi connectivity index (χ0v) is 12.0. The van der Waals surface area contributed by atoms with Gasteiger partial charge in [-0.25, -0.2) is 8.78 Å². The molecule has 1 N–H and O–H groups in total. The average Bonchev–Trinajstić information content (AvgIpc) is 2.43. The molecule has 2 aromatic carbocycles. The average molecular weight is 292 g/mol.